The molecule has 2 aliphatic rings. The molecule has 31 heavy (non-hydrogen) atoms. The number of nitrogens with zero attached hydrogens (tertiary/aromatic N) is 3. The van der Waals surface area contributed by atoms with Gasteiger partial charge in [-0.2, -0.15) is 0 Å². The number of carbonyl (C=O) groups is 2. The number of nitrogens with two attached hydrogens (primary N) is 1. The second kappa shape index (κ2) is 10.5. The fraction of sp³-hybridized carbons (Fsp3) is 0.591. The van der Waals surface area contributed by atoms with Gasteiger partial charge in [0.2, 0.25) is 5.91 Å². The lowest BCUT2D eigenvalue weighted by Gasteiger charge is -2.38. The van der Waals surface area contributed by atoms with E-state index < -0.39 is 0 Å². The monoisotopic (exact) mass is 431 g/mol. The summed E-state index contributed by atoms with van der Waals surface area (Å²) in [6.07, 6.45) is 2.65. The Balaban J connectivity index is 1.49. The van der Waals surface area contributed by atoms with E-state index >= 15 is 0 Å². The lowest BCUT2D eigenvalue weighted by atomic mass is 9.98. The van der Waals surface area contributed by atoms with E-state index in [1.165, 1.54) is 17.5 Å². The van der Waals surface area contributed by atoms with E-state index in [1.54, 1.807) is 6.92 Å². The zero-order valence-corrected chi connectivity index (χ0v) is 18.4. The Labute approximate surface area is 183 Å². The van der Waals surface area contributed by atoms with Gasteiger partial charge in [0.15, 0.2) is 5.96 Å². The van der Waals surface area contributed by atoms with Gasteiger partial charge in [-0.3, -0.25) is 20.0 Å². The van der Waals surface area contributed by atoms with Crippen molar-refractivity contribution in [1.29, 1.82) is 5.41 Å². The number of esters is 1. The number of guanidine groups is 1. The van der Waals surface area contributed by atoms with Crippen LogP contribution in [0.1, 0.15) is 37.8 Å². The van der Waals surface area contributed by atoms with Crippen LogP contribution in [0.5, 0.6) is 5.75 Å². The molecule has 0 aliphatic carbocycles. The number of hydrogen-bond donors (Lipinski definition) is 2. The smallest absolute Gasteiger partial charge is 0.327 e. The van der Waals surface area contributed by atoms with Crippen molar-refractivity contribution in [3.63, 3.8) is 0 Å². The van der Waals surface area contributed by atoms with Crippen molar-refractivity contribution in [2.75, 3.05) is 39.4 Å². The number of hydrazine groups is 1. The topological polar surface area (TPSA) is 112 Å². The molecular weight excluding hydrogens is 398 g/mol. The molecule has 0 spiro atoms. The summed E-state index contributed by atoms with van der Waals surface area (Å²) in [5.74, 6) is 0.776. The number of rotatable bonds is 7. The molecule has 2 aliphatic heterocycles. The molecule has 0 unspecified atom stereocenters. The number of fused-ring (bicyclic) bond motifs is 1. The summed E-state index contributed by atoms with van der Waals surface area (Å²) in [5, 5.41) is 11.1. The molecule has 0 bridgehead atoms. The maximum Gasteiger partial charge on any atom is 0.327 e. The zero-order valence-electron chi connectivity index (χ0n) is 18.4. The second-order valence-electron chi connectivity index (χ2n) is 8.08. The maximum atomic E-state index is 12.0. The Morgan fingerprint density at radius 3 is 2.61 bits per heavy atom. The summed E-state index contributed by atoms with van der Waals surface area (Å²) >= 11 is 0. The van der Waals surface area contributed by atoms with Gasteiger partial charge in [0.05, 0.1) is 13.2 Å². The normalized spacial score (nSPS) is 17.0. The Morgan fingerprint density at radius 1 is 1.23 bits per heavy atom. The highest BCUT2D eigenvalue weighted by atomic mass is 16.5. The summed E-state index contributed by atoms with van der Waals surface area (Å²) in [5.41, 5.74) is 8.07. The molecule has 3 rings (SSSR count). The number of hydrogen-bond acceptors (Lipinski definition) is 6. The molecule has 1 saturated heterocycles. The van der Waals surface area contributed by atoms with E-state index in [9.17, 15) is 9.59 Å². The summed E-state index contributed by atoms with van der Waals surface area (Å²) in [6, 6.07) is 6.16. The number of carbonyl (C=O) groups excluding carboxylic acids is 2. The predicted octanol–water partition coefficient (Wildman–Crippen LogP) is 1.36. The molecule has 0 saturated carbocycles. The van der Waals surface area contributed by atoms with Crippen LogP contribution >= 0.6 is 0 Å². The largest absolute Gasteiger partial charge is 0.493 e. The van der Waals surface area contributed by atoms with E-state index in [0.717, 1.165) is 37.1 Å². The molecule has 1 aromatic rings. The molecule has 170 valence electrons. The van der Waals surface area contributed by atoms with Crippen molar-refractivity contribution in [1.82, 2.24) is 14.9 Å². The summed E-state index contributed by atoms with van der Waals surface area (Å²) < 4.78 is 11.1. The van der Waals surface area contributed by atoms with Gasteiger partial charge in [-0.1, -0.05) is 6.07 Å². The van der Waals surface area contributed by atoms with Crippen LogP contribution in [0.25, 0.3) is 0 Å². The van der Waals surface area contributed by atoms with Crippen LogP contribution in [-0.4, -0.2) is 72.1 Å². The first-order chi connectivity index (χ1) is 14.9. The molecule has 1 aromatic carbocycles. The van der Waals surface area contributed by atoms with E-state index in [2.05, 4.69) is 12.1 Å². The molecule has 0 radical (unpaired) electrons. The lowest BCUT2D eigenvalue weighted by molar-refractivity contribution is -0.163. The summed E-state index contributed by atoms with van der Waals surface area (Å²) in [6.45, 7) is 6.91. The molecule has 0 atom stereocenters. The molecule has 1 fully saturated rings. The minimum absolute atomic E-state index is 0.0449. The number of piperidine rings is 1. The first-order valence-electron chi connectivity index (χ1n) is 10.9. The van der Waals surface area contributed by atoms with Crippen LogP contribution in [0.15, 0.2) is 18.2 Å². The van der Waals surface area contributed by atoms with Gasteiger partial charge in [0, 0.05) is 33.1 Å². The Bertz CT molecular complexity index is 807. The number of ether oxygens (including phenoxy) is 2. The van der Waals surface area contributed by atoms with Gasteiger partial charge in [-0.15, -0.1) is 0 Å². The molecule has 9 nitrogen and oxygen atoms in total. The van der Waals surface area contributed by atoms with Gasteiger partial charge in [-0.05, 0) is 55.4 Å². The number of amides is 1. The summed E-state index contributed by atoms with van der Waals surface area (Å²) in [7, 11) is 0. The SMILES string of the molecule is CCOC(=O)CN(C(C)=O)N1CCC(COc2ccc3c(c2)CN(C(=N)N)CC3)CC1. The highest BCUT2D eigenvalue weighted by Gasteiger charge is 2.27. The fourth-order valence-corrected chi connectivity index (χ4v) is 4.11. The van der Waals surface area contributed by atoms with Crippen molar-refractivity contribution < 1.29 is 19.1 Å². The van der Waals surface area contributed by atoms with Crippen LogP contribution in [-0.2, 0) is 27.3 Å². The quantitative estimate of drug-likeness (QED) is 0.381. The Morgan fingerprint density at radius 2 is 1.97 bits per heavy atom. The average molecular weight is 432 g/mol. The standard InChI is InChI=1S/C22H33N5O4/c1-3-30-21(29)14-27(16(2)28)26-10-6-17(7-11-26)15-31-20-5-4-18-8-9-25(22(23)24)13-19(18)12-20/h4-5,12,17H,3,6-11,13-15H2,1-2H3,(H3,23,24). The van der Waals surface area contributed by atoms with E-state index in [1.807, 2.05) is 16.0 Å². The molecular formula is C22H33N5O4. The number of nitrogens with one attached hydrogen (secondary N) is 1. The van der Waals surface area contributed by atoms with Crippen molar-refractivity contribution in [2.24, 2.45) is 11.7 Å². The van der Waals surface area contributed by atoms with Gasteiger partial charge in [-0.25, -0.2) is 5.01 Å². The maximum absolute atomic E-state index is 12.0. The van der Waals surface area contributed by atoms with Crippen LogP contribution in [0.3, 0.4) is 0 Å². The van der Waals surface area contributed by atoms with Crippen molar-refractivity contribution in [2.45, 2.75) is 39.7 Å². The highest BCUT2D eigenvalue weighted by Crippen LogP contribution is 2.25. The molecule has 2 heterocycles. The van der Waals surface area contributed by atoms with E-state index in [-0.39, 0.29) is 24.4 Å². The fourth-order valence-electron chi connectivity index (χ4n) is 4.11. The van der Waals surface area contributed by atoms with E-state index in [4.69, 9.17) is 20.6 Å². The zero-order chi connectivity index (χ0) is 22.4. The first kappa shape index (κ1) is 22.9. The van der Waals surface area contributed by atoms with Crippen LogP contribution in [0.2, 0.25) is 0 Å². The van der Waals surface area contributed by atoms with Crippen molar-refractivity contribution in [3.05, 3.63) is 29.3 Å². The summed E-state index contributed by atoms with van der Waals surface area (Å²) in [4.78, 5) is 25.6. The van der Waals surface area contributed by atoms with Crippen LogP contribution < -0.4 is 10.5 Å². The molecule has 9 heteroatoms. The van der Waals surface area contributed by atoms with Crippen molar-refractivity contribution >= 4 is 17.8 Å². The molecule has 0 aromatic heterocycles. The van der Waals surface area contributed by atoms with Crippen LogP contribution in [0, 0.1) is 11.3 Å². The highest BCUT2D eigenvalue weighted by molar-refractivity contribution is 5.80. The van der Waals surface area contributed by atoms with Gasteiger partial charge >= 0.3 is 5.97 Å². The third-order valence-electron chi connectivity index (χ3n) is 5.90. The lowest BCUT2D eigenvalue weighted by Crippen LogP contribution is -2.51. The minimum atomic E-state index is -0.390. The number of benzene rings is 1. The minimum Gasteiger partial charge on any atom is -0.493 e. The molecule has 3 N–H and O–H groups in total. The third-order valence-corrected chi connectivity index (χ3v) is 5.90. The van der Waals surface area contributed by atoms with Crippen molar-refractivity contribution in [3.8, 4) is 5.75 Å². The van der Waals surface area contributed by atoms with Crippen LogP contribution in [0.4, 0.5) is 0 Å². The average Bonchev–Trinajstić information content (AvgIpc) is 2.76. The van der Waals surface area contributed by atoms with Gasteiger partial charge in [0.1, 0.15) is 12.3 Å². The third kappa shape index (κ3) is 6.10. The first-order valence-corrected chi connectivity index (χ1v) is 10.9. The predicted molar refractivity (Wildman–Crippen MR) is 116 cm³/mol. The van der Waals surface area contributed by atoms with E-state index in [0.29, 0.717) is 38.8 Å². The Kier molecular flexibility index (Phi) is 7.73. The van der Waals surface area contributed by atoms with Gasteiger partial charge in [0.25, 0.3) is 0 Å². The molecule has 1 amide bonds. The Hall–Kier alpha value is -2.81. The van der Waals surface area contributed by atoms with Gasteiger partial charge < -0.3 is 20.1 Å². The second-order valence-corrected chi connectivity index (χ2v) is 8.08.